The van der Waals surface area contributed by atoms with Gasteiger partial charge < -0.3 is 19.9 Å². The van der Waals surface area contributed by atoms with Gasteiger partial charge in [-0.2, -0.15) is 5.10 Å². The number of ether oxygens (including phenoxy) is 2. The number of para-hydroxylation sites is 1. The Morgan fingerprint density at radius 1 is 1.22 bits per heavy atom. The Labute approximate surface area is 206 Å². The van der Waals surface area contributed by atoms with Crippen molar-refractivity contribution in [3.05, 3.63) is 76.1 Å². The molecule has 0 bridgehead atoms. The fraction of sp³-hybridized carbons (Fsp3) is 0.346. The minimum atomic E-state index is -2.69. The molecule has 0 unspecified atom stereocenters. The standard InChI is InChI=1S/C26H27F2N3O5/c1-26(2,34)17-7-9-18(10-8-17)29-25(33)20-12-31(11-16-13-35-14-16)30-23(24(20)32)19-5-3-4-6-21(19)36-15-22(27)28/h3-10,12,16,22,34H,11,13-15H2,1-2H3,(H,29,33). The first-order valence-electron chi connectivity index (χ1n) is 11.5. The maximum Gasteiger partial charge on any atom is 0.272 e. The number of alkyl halides is 2. The van der Waals surface area contributed by atoms with E-state index in [0.29, 0.717) is 31.0 Å². The van der Waals surface area contributed by atoms with Gasteiger partial charge in [0.15, 0.2) is 0 Å². The van der Waals surface area contributed by atoms with E-state index in [1.54, 1.807) is 56.3 Å². The Morgan fingerprint density at radius 2 is 1.92 bits per heavy atom. The molecule has 1 amide bonds. The molecule has 1 aromatic heterocycles. The smallest absolute Gasteiger partial charge is 0.272 e. The van der Waals surface area contributed by atoms with Gasteiger partial charge in [-0.05, 0) is 43.7 Å². The van der Waals surface area contributed by atoms with Gasteiger partial charge in [-0.15, -0.1) is 0 Å². The minimum Gasteiger partial charge on any atom is -0.487 e. The number of aliphatic hydroxyl groups is 1. The quantitative estimate of drug-likeness (QED) is 0.466. The summed E-state index contributed by atoms with van der Waals surface area (Å²) in [5.74, 6) is -0.409. The van der Waals surface area contributed by atoms with Crippen molar-refractivity contribution >= 4 is 11.6 Å². The number of carbonyl (C=O) groups excluding carboxylic acids is 1. The Morgan fingerprint density at radius 3 is 2.53 bits per heavy atom. The Bertz CT molecular complexity index is 1280. The molecule has 0 aliphatic carbocycles. The summed E-state index contributed by atoms with van der Waals surface area (Å²) >= 11 is 0. The molecular formula is C26H27F2N3O5. The Balaban J connectivity index is 1.70. The van der Waals surface area contributed by atoms with E-state index in [-0.39, 0.29) is 28.5 Å². The number of nitrogens with one attached hydrogen (secondary N) is 1. The van der Waals surface area contributed by atoms with Crippen molar-refractivity contribution in [1.29, 1.82) is 0 Å². The number of carbonyl (C=O) groups is 1. The van der Waals surface area contributed by atoms with Crippen molar-refractivity contribution < 1.29 is 28.2 Å². The monoisotopic (exact) mass is 499 g/mol. The summed E-state index contributed by atoms with van der Waals surface area (Å²) in [5, 5.41) is 17.3. The molecule has 1 saturated heterocycles. The maximum atomic E-state index is 13.4. The van der Waals surface area contributed by atoms with Gasteiger partial charge in [0.1, 0.15) is 23.6 Å². The van der Waals surface area contributed by atoms with Crippen LogP contribution >= 0.6 is 0 Å². The lowest BCUT2D eigenvalue weighted by molar-refractivity contribution is -0.0410. The third kappa shape index (κ3) is 5.95. The lowest BCUT2D eigenvalue weighted by Crippen LogP contribution is -2.34. The molecule has 0 saturated carbocycles. The Hall–Kier alpha value is -3.63. The van der Waals surface area contributed by atoms with Gasteiger partial charge in [-0.25, -0.2) is 8.78 Å². The second-order valence-corrected chi connectivity index (χ2v) is 9.13. The first-order valence-corrected chi connectivity index (χ1v) is 11.5. The van der Waals surface area contributed by atoms with Crippen LogP contribution in [0.1, 0.15) is 29.8 Å². The highest BCUT2D eigenvalue weighted by Crippen LogP contribution is 2.27. The summed E-state index contributed by atoms with van der Waals surface area (Å²) in [6, 6.07) is 12.9. The number of amides is 1. The molecule has 1 fully saturated rings. The molecule has 2 aromatic carbocycles. The minimum absolute atomic E-state index is 0.0701. The summed E-state index contributed by atoms with van der Waals surface area (Å²) in [7, 11) is 0. The van der Waals surface area contributed by atoms with Crippen LogP contribution in [-0.2, 0) is 16.9 Å². The fourth-order valence-electron chi connectivity index (χ4n) is 3.72. The normalized spacial score (nSPS) is 13.9. The molecule has 2 N–H and O–H groups in total. The molecule has 0 atom stereocenters. The van der Waals surface area contributed by atoms with Crippen molar-refractivity contribution in [3.8, 4) is 17.0 Å². The van der Waals surface area contributed by atoms with Crippen LogP contribution in [0.3, 0.4) is 0 Å². The van der Waals surface area contributed by atoms with Crippen LogP contribution in [0.2, 0.25) is 0 Å². The highest BCUT2D eigenvalue weighted by Gasteiger charge is 2.24. The maximum absolute atomic E-state index is 13.4. The third-order valence-corrected chi connectivity index (χ3v) is 5.72. The molecule has 1 aliphatic rings. The van der Waals surface area contributed by atoms with Gasteiger partial charge in [0.2, 0.25) is 5.43 Å². The average Bonchev–Trinajstić information content (AvgIpc) is 2.80. The third-order valence-electron chi connectivity index (χ3n) is 5.72. The van der Waals surface area contributed by atoms with E-state index in [1.807, 2.05) is 0 Å². The molecule has 0 spiro atoms. The van der Waals surface area contributed by atoms with Crippen molar-refractivity contribution in [1.82, 2.24) is 9.78 Å². The van der Waals surface area contributed by atoms with E-state index >= 15 is 0 Å². The molecule has 0 radical (unpaired) electrons. The highest BCUT2D eigenvalue weighted by atomic mass is 19.3. The largest absolute Gasteiger partial charge is 0.487 e. The number of hydrogen-bond acceptors (Lipinski definition) is 6. The van der Waals surface area contributed by atoms with Gasteiger partial charge >= 0.3 is 0 Å². The summed E-state index contributed by atoms with van der Waals surface area (Å²) in [6.07, 6.45) is -1.31. The van der Waals surface area contributed by atoms with Gasteiger partial charge in [0, 0.05) is 29.9 Å². The van der Waals surface area contributed by atoms with Crippen molar-refractivity contribution in [2.45, 2.75) is 32.4 Å². The number of halogens is 2. The van der Waals surface area contributed by atoms with Crippen LogP contribution in [0.5, 0.6) is 5.75 Å². The number of rotatable bonds is 9. The lowest BCUT2D eigenvalue weighted by Gasteiger charge is -2.26. The molecular weight excluding hydrogens is 472 g/mol. The van der Waals surface area contributed by atoms with Crippen LogP contribution in [-0.4, -0.2) is 47.0 Å². The van der Waals surface area contributed by atoms with Crippen LogP contribution < -0.4 is 15.5 Å². The predicted molar refractivity (Wildman–Crippen MR) is 129 cm³/mol. The topological polar surface area (TPSA) is 103 Å². The zero-order valence-electron chi connectivity index (χ0n) is 19.9. The van der Waals surface area contributed by atoms with Crippen LogP contribution in [0, 0.1) is 5.92 Å². The molecule has 190 valence electrons. The number of aromatic nitrogens is 2. The van der Waals surface area contributed by atoms with E-state index in [1.165, 1.54) is 16.9 Å². The number of hydrogen-bond donors (Lipinski definition) is 2. The Kier molecular flexibility index (Phi) is 7.46. The van der Waals surface area contributed by atoms with E-state index in [0.717, 1.165) is 0 Å². The van der Waals surface area contributed by atoms with Crippen molar-refractivity contribution in [2.75, 3.05) is 25.1 Å². The van der Waals surface area contributed by atoms with Gasteiger partial charge in [-0.1, -0.05) is 24.3 Å². The molecule has 10 heteroatoms. The highest BCUT2D eigenvalue weighted by molar-refractivity contribution is 6.04. The van der Waals surface area contributed by atoms with E-state index < -0.39 is 30.0 Å². The van der Waals surface area contributed by atoms with Crippen molar-refractivity contribution in [3.63, 3.8) is 0 Å². The van der Waals surface area contributed by atoms with E-state index in [9.17, 15) is 23.5 Å². The summed E-state index contributed by atoms with van der Waals surface area (Å²) in [4.78, 5) is 26.6. The first kappa shape index (κ1) is 25.5. The van der Waals surface area contributed by atoms with Crippen LogP contribution in [0.4, 0.5) is 14.5 Å². The summed E-state index contributed by atoms with van der Waals surface area (Å²) < 4.78 is 37.5. The van der Waals surface area contributed by atoms with Gasteiger partial charge in [0.25, 0.3) is 12.3 Å². The molecule has 4 rings (SSSR count). The van der Waals surface area contributed by atoms with Crippen LogP contribution in [0.25, 0.3) is 11.3 Å². The average molecular weight is 500 g/mol. The first-order chi connectivity index (χ1) is 17.1. The number of benzene rings is 2. The zero-order chi connectivity index (χ0) is 25.9. The van der Waals surface area contributed by atoms with Gasteiger partial charge in [-0.3, -0.25) is 14.3 Å². The summed E-state index contributed by atoms with van der Waals surface area (Å²) in [5.41, 5.74) is -0.620. The molecule has 3 aromatic rings. The van der Waals surface area contributed by atoms with Crippen molar-refractivity contribution in [2.24, 2.45) is 5.92 Å². The molecule has 36 heavy (non-hydrogen) atoms. The molecule has 1 aliphatic heterocycles. The second kappa shape index (κ2) is 10.5. The molecule has 8 nitrogen and oxygen atoms in total. The lowest BCUT2D eigenvalue weighted by atomic mass is 9.98. The zero-order valence-corrected chi connectivity index (χ0v) is 19.9. The predicted octanol–water partition coefficient (Wildman–Crippen LogP) is 3.68. The van der Waals surface area contributed by atoms with E-state index in [2.05, 4.69) is 10.4 Å². The SMILES string of the molecule is CC(C)(O)c1ccc(NC(=O)c2cn(CC3COC3)nc(-c3ccccc3OCC(F)F)c2=O)cc1. The number of anilines is 1. The summed E-state index contributed by atoms with van der Waals surface area (Å²) in [6.45, 7) is 3.94. The molecule has 2 heterocycles. The van der Waals surface area contributed by atoms with Gasteiger partial charge in [0.05, 0.1) is 18.8 Å². The number of nitrogens with zero attached hydrogens (tertiary/aromatic N) is 2. The second-order valence-electron chi connectivity index (χ2n) is 9.13. The van der Waals surface area contributed by atoms with E-state index in [4.69, 9.17) is 9.47 Å². The fourth-order valence-corrected chi connectivity index (χ4v) is 3.72. The van der Waals surface area contributed by atoms with Crippen LogP contribution in [0.15, 0.2) is 59.5 Å².